The summed E-state index contributed by atoms with van der Waals surface area (Å²) in [7, 11) is 1.92. The van der Waals surface area contributed by atoms with Crippen LogP contribution < -0.4 is 10.1 Å². The molecule has 1 aromatic heterocycles. The number of amides is 2. The number of hydrogen-bond acceptors (Lipinski definition) is 4. The van der Waals surface area contributed by atoms with Gasteiger partial charge in [-0.15, -0.1) is 10.2 Å². The Bertz CT molecular complexity index is 703. The van der Waals surface area contributed by atoms with E-state index < -0.39 is 0 Å². The summed E-state index contributed by atoms with van der Waals surface area (Å²) in [5, 5.41) is 10.9. The van der Waals surface area contributed by atoms with E-state index in [-0.39, 0.29) is 17.8 Å². The van der Waals surface area contributed by atoms with Crippen LogP contribution in [0.5, 0.6) is 5.75 Å². The summed E-state index contributed by atoms with van der Waals surface area (Å²) in [4.78, 5) is 14.1. The van der Waals surface area contributed by atoms with Gasteiger partial charge in [-0.05, 0) is 37.1 Å². The minimum absolute atomic E-state index is 0.102. The minimum atomic E-state index is -0.303. The lowest BCUT2D eigenvalue weighted by Crippen LogP contribution is -2.46. The number of carbonyl (C=O) groups excluding carboxylic acids is 1. The van der Waals surface area contributed by atoms with Crippen LogP contribution in [0, 0.1) is 5.82 Å². The standard InChI is InChI=1S/C17H22FN5O2/c1-22-12-20-21-16(22)13-3-2-9-23(11-13)17(24)19-8-10-25-15-6-4-14(18)5-7-15/h4-7,12-13H,2-3,8-11H2,1H3,(H,19,24). The molecule has 25 heavy (non-hydrogen) atoms. The van der Waals surface area contributed by atoms with Crippen LogP contribution in [-0.4, -0.2) is 51.9 Å². The molecular weight excluding hydrogens is 325 g/mol. The van der Waals surface area contributed by atoms with Crippen molar-refractivity contribution < 1.29 is 13.9 Å². The summed E-state index contributed by atoms with van der Waals surface area (Å²) in [6.45, 7) is 2.09. The van der Waals surface area contributed by atoms with Crippen molar-refractivity contribution in [3.63, 3.8) is 0 Å². The van der Waals surface area contributed by atoms with Crippen LogP contribution in [0.2, 0.25) is 0 Å². The minimum Gasteiger partial charge on any atom is -0.492 e. The van der Waals surface area contributed by atoms with Crippen LogP contribution in [0.1, 0.15) is 24.6 Å². The SMILES string of the molecule is Cn1cnnc1C1CCCN(C(=O)NCCOc2ccc(F)cc2)C1. The third-order valence-corrected chi connectivity index (χ3v) is 4.28. The lowest BCUT2D eigenvalue weighted by molar-refractivity contribution is 0.175. The molecule has 1 fully saturated rings. The number of ether oxygens (including phenoxy) is 1. The highest BCUT2D eigenvalue weighted by atomic mass is 19.1. The van der Waals surface area contributed by atoms with Gasteiger partial charge in [-0.25, -0.2) is 9.18 Å². The van der Waals surface area contributed by atoms with Crippen molar-refractivity contribution in [2.45, 2.75) is 18.8 Å². The number of carbonyl (C=O) groups is 1. The molecule has 2 heterocycles. The Morgan fingerprint density at radius 3 is 2.92 bits per heavy atom. The maximum Gasteiger partial charge on any atom is 0.317 e. The molecule has 8 heteroatoms. The quantitative estimate of drug-likeness (QED) is 0.839. The monoisotopic (exact) mass is 347 g/mol. The number of aryl methyl sites for hydroxylation is 1. The number of hydrogen-bond donors (Lipinski definition) is 1. The second-order valence-corrected chi connectivity index (χ2v) is 6.12. The highest BCUT2D eigenvalue weighted by Crippen LogP contribution is 2.24. The molecule has 0 saturated carbocycles. The van der Waals surface area contributed by atoms with E-state index in [0.29, 0.717) is 25.4 Å². The lowest BCUT2D eigenvalue weighted by atomic mass is 9.97. The van der Waals surface area contributed by atoms with Crippen LogP contribution in [0.25, 0.3) is 0 Å². The van der Waals surface area contributed by atoms with E-state index in [4.69, 9.17) is 4.74 Å². The number of halogens is 1. The summed E-state index contributed by atoms with van der Waals surface area (Å²) in [6, 6.07) is 5.71. The molecule has 7 nitrogen and oxygen atoms in total. The van der Waals surface area contributed by atoms with Crippen molar-refractivity contribution in [2.24, 2.45) is 7.05 Å². The van der Waals surface area contributed by atoms with Gasteiger partial charge in [-0.2, -0.15) is 0 Å². The Morgan fingerprint density at radius 2 is 2.20 bits per heavy atom. The molecule has 1 N–H and O–H groups in total. The number of aromatic nitrogens is 3. The van der Waals surface area contributed by atoms with Gasteiger partial charge in [0.2, 0.25) is 0 Å². The molecule has 2 aromatic rings. The summed E-state index contributed by atoms with van der Waals surface area (Å²) in [6.07, 6.45) is 3.63. The summed E-state index contributed by atoms with van der Waals surface area (Å²) in [5.74, 6) is 1.40. The molecule has 2 amide bonds. The highest BCUT2D eigenvalue weighted by Gasteiger charge is 2.27. The third-order valence-electron chi connectivity index (χ3n) is 4.28. The number of urea groups is 1. The van der Waals surface area contributed by atoms with Crippen molar-refractivity contribution >= 4 is 6.03 Å². The lowest BCUT2D eigenvalue weighted by Gasteiger charge is -2.32. The first-order valence-electron chi connectivity index (χ1n) is 8.38. The van der Waals surface area contributed by atoms with Gasteiger partial charge in [0.1, 0.15) is 30.3 Å². The Kier molecular flexibility index (Phi) is 5.47. The Labute approximate surface area is 145 Å². The Balaban J connectivity index is 1.43. The average Bonchev–Trinajstić information content (AvgIpc) is 3.06. The van der Waals surface area contributed by atoms with E-state index in [9.17, 15) is 9.18 Å². The number of piperidine rings is 1. The van der Waals surface area contributed by atoms with Crippen LogP contribution in [0.4, 0.5) is 9.18 Å². The molecule has 0 aliphatic carbocycles. The van der Waals surface area contributed by atoms with Crippen LogP contribution in [0.3, 0.4) is 0 Å². The number of likely N-dealkylation sites (tertiary alicyclic amines) is 1. The second-order valence-electron chi connectivity index (χ2n) is 6.12. The zero-order chi connectivity index (χ0) is 17.6. The van der Waals surface area contributed by atoms with Gasteiger partial charge in [0.15, 0.2) is 0 Å². The van der Waals surface area contributed by atoms with E-state index in [1.807, 2.05) is 11.6 Å². The normalized spacial score (nSPS) is 17.4. The molecule has 0 spiro atoms. The molecule has 0 radical (unpaired) electrons. The average molecular weight is 347 g/mol. The first kappa shape index (κ1) is 17.2. The second kappa shape index (κ2) is 7.96. The molecule has 1 aliphatic rings. The zero-order valence-electron chi connectivity index (χ0n) is 14.2. The van der Waals surface area contributed by atoms with Crippen molar-refractivity contribution in [1.29, 1.82) is 0 Å². The predicted octanol–water partition coefficient (Wildman–Crippen LogP) is 1.92. The molecule has 1 aromatic carbocycles. The fourth-order valence-electron chi connectivity index (χ4n) is 3.00. The largest absolute Gasteiger partial charge is 0.492 e. The van der Waals surface area contributed by atoms with Gasteiger partial charge in [0.25, 0.3) is 0 Å². The zero-order valence-corrected chi connectivity index (χ0v) is 14.2. The molecule has 0 bridgehead atoms. The van der Waals surface area contributed by atoms with Crippen molar-refractivity contribution in [3.05, 3.63) is 42.2 Å². The molecule has 3 rings (SSSR count). The molecule has 1 aliphatic heterocycles. The Morgan fingerprint density at radius 1 is 1.40 bits per heavy atom. The molecular formula is C17H22FN5O2. The number of nitrogens with zero attached hydrogens (tertiary/aromatic N) is 4. The molecule has 134 valence electrons. The van der Waals surface area contributed by atoms with Gasteiger partial charge in [0, 0.05) is 26.1 Å². The molecule has 1 atom stereocenters. The molecule has 1 saturated heterocycles. The first-order chi connectivity index (χ1) is 12.1. The Hall–Kier alpha value is -2.64. The fraction of sp³-hybridized carbons (Fsp3) is 0.471. The topological polar surface area (TPSA) is 72.3 Å². The maximum atomic E-state index is 12.8. The van der Waals surface area contributed by atoms with Gasteiger partial charge < -0.3 is 19.5 Å². The van der Waals surface area contributed by atoms with Crippen LogP contribution in [0.15, 0.2) is 30.6 Å². The third kappa shape index (κ3) is 4.46. The predicted molar refractivity (Wildman–Crippen MR) is 89.8 cm³/mol. The van der Waals surface area contributed by atoms with E-state index >= 15 is 0 Å². The maximum absolute atomic E-state index is 12.8. The summed E-state index contributed by atoms with van der Waals surface area (Å²) < 4.78 is 20.2. The van der Waals surface area contributed by atoms with E-state index in [1.54, 1.807) is 23.4 Å². The van der Waals surface area contributed by atoms with Gasteiger partial charge in [-0.1, -0.05) is 0 Å². The van der Waals surface area contributed by atoms with E-state index in [0.717, 1.165) is 25.2 Å². The van der Waals surface area contributed by atoms with Gasteiger partial charge >= 0.3 is 6.03 Å². The summed E-state index contributed by atoms with van der Waals surface area (Å²) in [5.41, 5.74) is 0. The smallest absolute Gasteiger partial charge is 0.317 e. The number of nitrogens with one attached hydrogen (secondary N) is 1. The molecule has 1 unspecified atom stereocenters. The fourth-order valence-corrected chi connectivity index (χ4v) is 3.00. The highest BCUT2D eigenvalue weighted by molar-refractivity contribution is 5.74. The van der Waals surface area contributed by atoms with E-state index in [2.05, 4.69) is 15.5 Å². The van der Waals surface area contributed by atoms with Gasteiger partial charge in [-0.3, -0.25) is 0 Å². The van der Waals surface area contributed by atoms with Crippen molar-refractivity contribution in [1.82, 2.24) is 25.0 Å². The van der Waals surface area contributed by atoms with Crippen molar-refractivity contribution in [3.8, 4) is 5.75 Å². The van der Waals surface area contributed by atoms with Gasteiger partial charge in [0.05, 0.1) is 6.54 Å². The number of benzene rings is 1. The van der Waals surface area contributed by atoms with E-state index in [1.165, 1.54) is 12.1 Å². The summed E-state index contributed by atoms with van der Waals surface area (Å²) >= 11 is 0. The van der Waals surface area contributed by atoms with Crippen LogP contribution >= 0.6 is 0 Å². The first-order valence-corrected chi connectivity index (χ1v) is 8.38. The van der Waals surface area contributed by atoms with Crippen LogP contribution in [-0.2, 0) is 7.05 Å². The number of rotatable bonds is 5. The van der Waals surface area contributed by atoms with Crippen molar-refractivity contribution in [2.75, 3.05) is 26.2 Å².